The van der Waals surface area contributed by atoms with Crippen LogP contribution >= 0.6 is 0 Å². The normalized spacial score (nSPS) is 16.0. The van der Waals surface area contributed by atoms with E-state index >= 15 is 4.39 Å². The smallest absolute Gasteiger partial charge is 0.425 e. The second-order valence-electron chi connectivity index (χ2n) is 8.39. The fourth-order valence-corrected chi connectivity index (χ4v) is 3.89. The molecule has 2 heterocycles. The van der Waals surface area contributed by atoms with Crippen molar-refractivity contribution in [2.24, 2.45) is 0 Å². The minimum Gasteiger partial charge on any atom is -0.481 e. The standard InChI is InChI=1S/C23H18F6N4O5/c1-10(23(27,28)29)38-17-9-16(33-22(37)32-7-3-4-11(21(35)36)19(32)31-33)15(26)8-12(17)20(34)30-18-13(24)5-2-6-14(18)25/h2,5-6,8-11H,3-4,7H2,1H3,(H,30,34)(H,35,36)/t10-,11?/m0/s1. The second kappa shape index (κ2) is 9.87. The Morgan fingerprint density at radius 3 is 2.42 bits per heavy atom. The largest absolute Gasteiger partial charge is 0.481 e. The maximum Gasteiger partial charge on any atom is 0.425 e. The van der Waals surface area contributed by atoms with E-state index in [-0.39, 0.29) is 18.8 Å². The van der Waals surface area contributed by atoms with Crippen LogP contribution in [0.3, 0.4) is 0 Å². The van der Waals surface area contributed by atoms with Gasteiger partial charge in [0.15, 0.2) is 6.10 Å². The highest BCUT2D eigenvalue weighted by Crippen LogP contribution is 2.32. The van der Waals surface area contributed by atoms with Crippen LogP contribution in [0.2, 0.25) is 0 Å². The zero-order valence-corrected chi connectivity index (χ0v) is 19.4. The number of carbonyl (C=O) groups excluding carboxylic acids is 1. The summed E-state index contributed by atoms with van der Waals surface area (Å²) in [4.78, 5) is 37.2. The minimum atomic E-state index is -4.93. The number of carboxylic acid groups (broad SMARTS) is 1. The van der Waals surface area contributed by atoms with Crippen molar-refractivity contribution in [2.75, 3.05) is 5.32 Å². The number of hydrogen-bond donors (Lipinski definition) is 2. The van der Waals surface area contributed by atoms with Crippen LogP contribution < -0.4 is 15.7 Å². The van der Waals surface area contributed by atoms with E-state index in [0.717, 1.165) is 22.8 Å². The number of carbonyl (C=O) groups is 2. The summed E-state index contributed by atoms with van der Waals surface area (Å²) in [5.74, 6) is -8.67. The topological polar surface area (TPSA) is 115 Å². The van der Waals surface area contributed by atoms with Crippen molar-refractivity contribution in [2.45, 2.75) is 44.5 Å². The summed E-state index contributed by atoms with van der Waals surface area (Å²) in [5.41, 5.74) is -3.51. The Kier molecular flexibility index (Phi) is 6.95. The van der Waals surface area contributed by atoms with Gasteiger partial charge in [-0.15, -0.1) is 5.10 Å². The Hall–Kier alpha value is -4.30. The van der Waals surface area contributed by atoms with E-state index in [1.807, 2.05) is 5.32 Å². The Balaban J connectivity index is 1.83. The van der Waals surface area contributed by atoms with Gasteiger partial charge in [-0.25, -0.2) is 18.0 Å². The van der Waals surface area contributed by atoms with Gasteiger partial charge in [0.1, 0.15) is 46.3 Å². The molecule has 0 aliphatic carbocycles. The molecule has 2 atom stereocenters. The Labute approximate surface area is 209 Å². The third-order valence-corrected chi connectivity index (χ3v) is 5.86. The van der Waals surface area contributed by atoms with Crippen molar-refractivity contribution < 1.29 is 45.8 Å². The van der Waals surface area contributed by atoms with Gasteiger partial charge in [0.2, 0.25) is 0 Å². The Bertz CT molecular complexity index is 1460. The van der Waals surface area contributed by atoms with E-state index in [0.29, 0.717) is 30.2 Å². The molecule has 2 aromatic carbocycles. The highest BCUT2D eigenvalue weighted by molar-refractivity contribution is 6.06. The molecule has 15 heteroatoms. The molecule has 1 amide bonds. The molecular weight excluding hydrogens is 526 g/mol. The van der Waals surface area contributed by atoms with Crippen LogP contribution in [-0.4, -0.2) is 43.6 Å². The molecule has 1 aliphatic rings. The lowest BCUT2D eigenvalue weighted by Crippen LogP contribution is -2.32. The maximum absolute atomic E-state index is 15.2. The number of alkyl halides is 3. The molecular formula is C23H18F6N4O5. The van der Waals surface area contributed by atoms with Crippen molar-refractivity contribution in [3.63, 3.8) is 0 Å². The number of para-hydroxylation sites is 1. The van der Waals surface area contributed by atoms with Crippen LogP contribution in [0.1, 0.15) is 41.9 Å². The summed E-state index contributed by atoms with van der Waals surface area (Å²) in [6.45, 7) is 0.670. The third kappa shape index (κ3) is 4.95. The van der Waals surface area contributed by atoms with E-state index in [4.69, 9.17) is 4.74 Å². The van der Waals surface area contributed by atoms with E-state index in [2.05, 4.69) is 5.10 Å². The highest BCUT2D eigenvalue weighted by atomic mass is 19.4. The summed E-state index contributed by atoms with van der Waals surface area (Å²) in [7, 11) is 0. The number of anilines is 1. The van der Waals surface area contributed by atoms with E-state index in [1.54, 1.807) is 0 Å². The summed E-state index contributed by atoms with van der Waals surface area (Å²) in [6, 6.07) is 3.64. The first kappa shape index (κ1) is 26.8. The summed E-state index contributed by atoms with van der Waals surface area (Å²) in [6.07, 6.45) is -7.00. The van der Waals surface area contributed by atoms with Gasteiger partial charge in [0, 0.05) is 12.6 Å². The quantitative estimate of drug-likeness (QED) is 0.454. The van der Waals surface area contributed by atoms with Gasteiger partial charge in [-0.3, -0.25) is 14.2 Å². The van der Waals surface area contributed by atoms with Gasteiger partial charge < -0.3 is 15.2 Å². The molecule has 0 radical (unpaired) electrons. The monoisotopic (exact) mass is 544 g/mol. The fourth-order valence-electron chi connectivity index (χ4n) is 3.89. The molecule has 1 unspecified atom stereocenters. The predicted molar refractivity (Wildman–Crippen MR) is 118 cm³/mol. The number of nitrogens with one attached hydrogen (secondary N) is 1. The molecule has 0 fully saturated rings. The molecule has 0 saturated heterocycles. The summed E-state index contributed by atoms with van der Waals surface area (Å²) < 4.78 is 89.2. The first-order chi connectivity index (χ1) is 17.8. The number of amides is 1. The summed E-state index contributed by atoms with van der Waals surface area (Å²) in [5, 5.41) is 15.1. The number of fused-ring (bicyclic) bond motifs is 1. The van der Waals surface area contributed by atoms with E-state index < -0.39 is 75.9 Å². The van der Waals surface area contributed by atoms with Gasteiger partial charge in [0.25, 0.3) is 5.91 Å². The lowest BCUT2D eigenvalue weighted by Gasteiger charge is -2.20. The van der Waals surface area contributed by atoms with Gasteiger partial charge in [-0.1, -0.05) is 6.07 Å². The average molecular weight is 544 g/mol. The molecule has 0 saturated carbocycles. The molecule has 0 bridgehead atoms. The molecule has 0 spiro atoms. The number of halogens is 6. The predicted octanol–water partition coefficient (Wildman–Crippen LogP) is 4.00. The zero-order valence-electron chi connectivity index (χ0n) is 19.4. The molecule has 38 heavy (non-hydrogen) atoms. The molecule has 1 aliphatic heterocycles. The van der Waals surface area contributed by atoms with Crippen LogP contribution in [0.15, 0.2) is 35.1 Å². The van der Waals surface area contributed by atoms with Gasteiger partial charge >= 0.3 is 17.8 Å². The van der Waals surface area contributed by atoms with Crippen LogP contribution in [0.25, 0.3) is 5.69 Å². The lowest BCUT2D eigenvalue weighted by atomic mass is 9.99. The van der Waals surface area contributed by atoms with Crippen molar-refractivity contribution in [3.8, 4) is 11.4 Å². The lowest BCUT2D eigenvalue weighted by molar-refractivity contribution is -0.189. The van der Waals surface area contributed by atoms with Crippen LogP contribution in [0.4, 0.5) is 32.0 Å². The highest BCUT2D eigenvalue weighted by Gasteiger charge is 2.39. The maximum atomic E-state index is 15.2. The number of benzene rings is 2. The van der Waals surface area contributed by atoms with Gasteiger partial charge in [0.05, 0.1) is 5.56 Å². The SMILES string of the molecule is C[C@H](Oc1cc(-n2nc3n(c2=O)CCCC3C(=O)O)c(F)cc1C(=O)Nc1c(F)cccc1F)C(F)(F)F. The minimum absolute atomic E-state index is 0.0721. The molecule has 2 N–H and O–H groups in total. The first-order valence-corrected chi connectivity index (χ1v) is 11.0. The van der Waals surface area contributed by atoms with Gasteiger partial charge in [-0.05, 0) is 38.0 Å². The molecule has 9 nitrogen and oxygen atoms in total. The van der Waals surface area contributed by atoms with Crippen molar-refractivity contribution in [1.82, 2.24) is 14.3 Å². The van der Waals surface area contributed by atoms with Crippen molar-refractivity contribution in [1.29, 1.82) is 0 Å². The fraction of sp³-hybridized carbons (Fsp3) is 0.304. The van der Waals surface area contributed by atoms with Crippen LogP contribution in [0, 0.1) is 17.5 Å². The number of aromatic nitrogens is 3. The molecule has 4 rings (SSSR count). The number of aliphatic carboxylic acids is 1. The Morgan fingerprint density at radius 1 is 1.16 bits per heavy atom. The number of carboxylic acids is 1. The van der Waals surface area contributed by atoms with Crippen LogP contribution in [0.5, 0.6) is 5.75 Å². The number of rotatable bonds is 6. The first-order valence-electron chi connectivity index (χ1n) is 11.0. The number of ether oxygens (including phenoxy) is 1. The molecule has 1 aromatic heterocycles. The molecule has 3 aromatic rings. The number of nitrogens with zero attached hydrogens (tertiary/aromatic N) is 3. The molecule has 202 valence electrons. The zero-order chi connectivity index (χ0) is 27.9. The van der Waals surface area contributed by atoms with Crippen molar-refractivity contribution >= 4 is 17.6 Å². The van der Waals surface area contributed by atoms with Crippen LogP contribution in [-0.2, 0) is 11.3 Å². The summed E-state index contributed by atoms with van der Waals surface area (Å²) >= 11 is 0. The Morgan fingerprint density at radius 2 is 1.82 bits per heavy atom. The average Bonchev–Trinajstić information content (AvgIpc) is 3.17. The third-order valence-electron chi connectivity index (χ3n) is 5.86. The van der Waals surface area contributed by atoms with Crippen molar-refractivity contribution in [3.05, 3.63) is 69.7 Å². The van der Waals surface area contributed by atoms with Gasteiger partial charge in [-0.2, -0.15) is 17.9 Å². The van der Waals surface area contributed by atoms with E-state index in [1.165, 1.54) is 0 Å². The van der Waals surface area contributed by atoms with E-state index in [9.17, 15) is 41.4 Å². The number of hydrogen-bond acceptors (Lipinski definition) is 5. The second-order valence-corrected chi connectivity index (χ2v) is 8.39.